The van der Waals surface area contributed by atoms with Gasteiger partial charge in [0.15, 0.2) is 0 Å². The van der Waals surface area contributed by atoms with Gasteiger partial charge in [-0.1, -0.05) is 19.3 Å². The maximum absolute atomic E-state index is 13.1. The third-order valence-corrected chi connectivity index (χ3v) is 7.04. The van der Waals surface area contributed by atoms with Gasteiger partial charge < -0.3 is 10.6 Å². The van der Waals surface area contributed by atoms with Gasteiger partial charge in [0.2, 0.25) is 5.91 Å². The lowest BCUT2D eigenvalue weighted by molar-refractivity contribution is -0.139. The predicted molar refractivity (Wildman–Crippen MR) is 83.6 cm³/mol. The quantitative estimate of drug-likeness (QED) is 0.850. The molecule has 1 aliphatic heterocycles. The molecule has 4 rings (SSSR count). The summed E-state index contributed by atoms with van der Waals surface area (Å²) >= 11 is 0. The smallest absolute Gasteiger partial charge is 0.227 e. The largest absolute Gasteiger partial charge is 0.339 e. The molecule has 4 aliphatic rings. The van der Waals surface area contributed by atoms with Gasteiger partial charge in [0, 0.05) is 18.6 Å². The Kier molecular flexibility index (Phi) is 3.72. The fourth-order valence-corrected chi connectivity index (χ4v) is 5.97. The van der Waals surface area contributed by atoms with Crippen molar-refractivity contribution < 1.29 is 4.79 Å². The molecule has 2 bridgehead atoms. The molecule has 0 radical (unpaired) electrons. The number of amides is 1. The number of likely N-dealkylation sites (tertiary alicyclic amines) is 1. The van der Waals surface area contributed by atoms with Crippen LogP contribution in [0.2, 0.25) is 0 Å². The van der Waals surface area contributed by atoms with Crippen LogP contribution in [0, 0.1) is 23.7 Å². The molecular weight excluding hydrogens is 260 g/mol. The first-order chi connectivity index (χ1) is 10.3. The number of carbonyl (C=O) groups excluding carboxylic acids is 1. The van der Waals surface area contributed by atoms with Crippen molar-refractivity contribution in [2.45, 2.75) is 76.3 Å². The molecule has 3 heteroatoms. The first kappa shape index (κ1) is 14.0. The molecule has 4 fully saturated rings. The molecule has 2 N–H and O–H groups in total. The Morgan fingerprint density at radius 2 is 1.62 bits per heavy atom. The van der Waals surface area contributed by atoms with Crippen molar-refractivity contribution in [2.75, 3.05) is 6.54 Å². The van der Waals surface area contributed by atoms with Gasteiger partial charge in [-0.2, -0.15) is 0 Å². The van der Waals surface area contributed by atoms with Crippen molar-refractivity contribution in [2.24, 2.45) is 29.4 Å². The Labute approximate surface area is 128 Å². The molecule has 1 heterocycles. The second kappa shape index (κ2) is 5.57. The number of hydrogen-bond acceptors (Lipinski definition) is 2. The topological polar surface area (TPSA) is 46.3 Å². The molecule has 21 heavy (non-hydrogen) atoms. The van der Waals surface area contributed by atoms with Gasteiger partial charge in [0.1, 0.15) is 0 Å². The van der Waals surface area contributed by atoms with Crippen LogP contribution in [-0.4, -0.2) is 29.4 Å². The highest BCUT2D eigenvalue weighted by Crippen LogP contribution is 2.49. The monoisotopic (exact) mass is 290 g/mol. The molecule has 0 aromatic carbocycles. The van der Waals surface area contributed by atoms with Gasteiger partial charge in [-0.3, -0.25) is 4.79 Å². The summed E-state index contributed by atoms with van der Waals surface area (Å²) in [6, 6.07) is 0.702. The highest BCUT2D eigenvalue weighted by molar-refractivity contribution is 5.81. The first-order valence-electron chi connectivity index (χ1n) is 9.32. The van der Waals surface area contributed by atoms with Crippen LogP contribution in [0.5, 0.6) is 0 Å². The van der Waals surface area contributed by atoms with E-state index in [1.165, 1.54) is 64.2 Å². The van der Waals surface area contributed by atoms with Gasteiger partial charge in [-0.15, -0.1) is 0 Å². The molecule has 0 aromatic heterocycles. The molecule has 118 valence electrons. The summed E-state index contributed by atoms with van der Waals surface area (Å²) in [5, 5.41) is 0. The zero-order valence-electron chi connectivity index (χ0n) is 13.2. The highest BCUT2D eigenvalue weighted by Gasteiger charge is 2.51. The summed E-state index contributed by atoms with van der Waals surface area (Å²) in [5.41, 5.74) is 6.41. The fraction of sp³-hybridized carbons (Fsp3) is 0.944. The average molecular weight is 290 g/mol. The molecule has 5 unspecified atom stereocenters. The van der Waals surface area contributed by atoms with E-state index in [0.717, 1.165) is 12.5 Å². The molecule has 3 nitrogen and oxygen atoms in total. The van der Waals surface area contributed by atoms with E-state index in [2.05, 4.69) is 4.90 Å². The normalized spacial score (nSPS) is 43.7. The summed E-state index contributed by atoms with van der Waals surface area (Å²) in [4.78, 5) is 15.4. The zero-order valence-corrected chi connectivity index (χ0v) is 13.2. The fourth-order valence-electron chi connectivity index (χ4n) is 5.97. The lowest BCUT2D eigenvalue weighted by Crippen LogP contribution is -2.50. The van der Waals surface area contributed by atoms with E-state index in [1.54, 1.807) is 0 Å². The van der Waals surface area contributed by atoms with Crippen LogP contribution < -0.4 is 5.73 Å². The Hall–Kier alpha value is -0.570. The van der Waals surface area contributed by atoms with Crippen molar-refractivity contribution in [1.29, 1.82) is 0 Å². The Bertz CT molecular complexity index is 402. The van der Waals surface area contributed by atoms with E-state index in [-0.39, 0.29) is 12.0 Å². The van der Waals surface area contributed by atoms with Gasteiger partial charge in [0.05, 0.1) is 5.92 Å². The maximum atomic E-state index is 13.1. The van der Waals surface area contributed by atoms with E-state index in [1.807, 2.05) is 0 Å². The lowest BCUT2D eigenvalue weighted by Gasteiger charge is -2.38. The molecule has 0 aromatic rings. The molecule has 3 saturated carbocycles. The molecular formula is C18H30N2O. The van der Waals surface area contributed by atoms with Crippen LogP contribution in [0.3, 0.4) is 0 Å². The second-order valence-corrected chi connectivity index (χ2v) is 8.08. The minimum absolute atomic E-state index is 0.156. The van der Waals surface area contributed by atoms with Gasteiger partial charge in [-0.25, -0.2) is 0 Å². The van der Waals surface area contributed by atoms with E-state index in [9.17, 15) is 4.79 Å². The van der Waals surface area contributed by atoms with Crippen LogP contribution in [0.1, 0.15) is 64.2 Å². The van der Waals surface area contributed by atoms with Crippen LogP contribution in [0.4, 0.5) is 0 Å². The van der Waals surface area contributed by atoms with Gasteiger partial charge in [-0.05, 0) is 62.7 Å². The van der Waals surface area contributed by atoms with Crippen molar-refractivity contribution in [3.05, 3.63) is 0 Å². The Morgan fingerprint density at radius 1 is 0.857 bits per heavy atom. The standard InChI is InChI=1S/C18H30N2O/c19-17-14-9-8-13(11-14)16(17)18(21)20-10-4-7-15(20)12-5-2-1-3-6-12/h12-17H,1-11,19H2. The summed E-state index contributed by atoms with van der Waals surface area (Å²) in [5.74, 6) is 2.61. The van der Waals surface area contributed by atoms with Gasteiger partial charge in [0.25, 0.3) is 0 Å². The molecule has 5 atom stereocenters. The number of rotatable bonds is 2. The molecule has 1 saturated heterocycles. The molecule has 1 amide bonds. The number of hydrogen-bond donors (Lipinski definition) is 1. The van der Waals surface area contributed by atoms with Crippen LogP contribution in [0.25, 0.3) is 0 Å². The Morgan fingerprint density at radius 3 is 2.33 bits per heavy atom. The summed E-state index contributed by atoms with van der Waals surface area (Å²) in [7, 11) is 0. The van der Waals surface area contributed by atoms with E-state index in [0.29, 0.717) is 23.8 Å². The number of carbonyl (C=O) groups is 1. The van der Waals surface area contributed by atoms with E-state index >= 15 is 0 Å². The number of fused-ring (bicyclic) bond motifs is 2. The molecule has 3 aliphatic carbocycles. The predicted octanol–water partition coefficient (Wildman–Crippen LogP) is 2.93. The first-order valence-corrected chi connectivity index (χ1v) is 9.32. The maximum Gasteiger partial charge on any atom is 0.227 e. The van der Waals surface area contributed by atoms with E-state index in [4.69, 9.17) is 5.73 Å². The summed E-state index contributed by atoms with van der Waals surface area (Å²) < 4.78 is 0. The zero-order chi connectivity index (χ0) is 14.4. The van der Waals surface area contributed by atoms with Crippen molar-refractivity contribution >= 4 is 5.91 Å². The third-order valence-electron chi connectivity index (χ3n) is 7.04. The Balaban J connectivity index is 1.48. The van der Waals surface area contributed by atoms with Crippen molar-refractivity contribution in [3.63, 3.8) is 0 Å². The second-order valence-electron chi connectivity index (χ2n) is 8.08. The van der Waals surface area contributed by atoms with Crippen molar-refractivity contribution in [3.8, 4) is 0 Å². The lowest BCUT2D eigenvalue weighted by atomic mass is 9.81. The average Bonchev–Trinajstić information content (AvgIpc) is 3.23. The molecule has 0 spiro atoms. The summed E-state index contributed by atoms with van der Waals surface area (Å²) in [6.45, 7) is 1.00. The number of nitrogens with two attached hydrogens (primary N) is 1. The number of nitrogens with zero attached hydrogens (tertiary/aromatic N) is 1. The highest BCUT2D eigenvalue weighted by atomic mass is 16.2. The third kappa shape index (κ3) is 2.32. The minimum atomic E-state index is 0.156. The summed E-state index contributed by atoms with van der Waals surface area (Å²) in [6.07, 6.45) is 13.0. The van der Waals surface area contributed by atoms with E-state index < -0.39 is 0 Å². The van der Waals surface area contributed by atoms with Crippen LogP contribution >= 0.6 is 0 Å². The van der Waals surface area contributed by atoms with Crippen LogP contribution in [-0.2, 0) is 4.79 Å². The van der Waals surface area contributed by atoms with Gasteiger partial charge >= 0.3 is 0 Å². The van der Waals surface area contributed by atoms with Crippen LogP contribution in [0.15, 0.2) is 0 Å². The van der Waals surface area contributed by atoms with Crippen molar-refractivity contribution in [1.82, 2.24) is 4.90 Å². The minimum Gasteiger partial charge on any atom is -0.339 e. The SMILES string of the molecule is NC1C2CCC(C2)C1C(=O)N1CCCC1C1CCCCC1.